The Kier molecular flexibility index (Phi) is 6.81. The summed E-state index contributed by atoms with van der Waals surface area (Å²) in [5.41, 5.74) is -1.16. The molecule has 1 heterocycles. The smallest absolute Gasteiger partial charge is 0.353 e. The average molecular weight is 447 g/mol. The Balaban J connectivity index is 1.65. The van der Waals surface area contributed by atoms with Crippen molar-refractivity contribution in [2.24, 2.45) is 17.8 Å². The minimum Gasteiger partial charge on any atom is -0.353 e. The summed E-state index contributed by atoms with van der Waals surface area (Å²) in [5.74, 6) is 0.541. The SMILES string of the molecule is C[C@@H]1[C@H](C)CCC[C@@H]1NC(=O)C1CCN(S(=O)(=O)c2ccccc2C(F)(F)F)CC1. The number of hydrogen-bond donors (Lipinski definition) is 1. The fourth-order valence-electron chi connectivity index (χ4n) is 4.51. The van der Waals surface area contributed by atoms with Crippen LogP contribution in [0.15, 0.2) is 29.2 Å². The Morgan fingerprint density at radius 3 is 2.33 bits per heavy atom. The predicted octanol–water partition coefficient (Wildman–Crippen LogP) is 4.05. The molecule has 3 atom stereocenters. The van der Waals surface area contributed by atoms with Gasteiger partial charge in [0.1, 0.15) is 0 Å². The molecule has 1 aromatic carbocycles. The fourth-order valence-corrected chi connectivity index (χ4v) is 6.19. The third-order valence-electron chi connectivity index (χ3n) is 6.67. The highest BCUT2D eigenvalue weighted by Crippen LogP contribution is 2.36. The van der Waals surface area contributed by atoms with Crippen LogP contribution in [0.5, 0.6) is 0 Å². The summed E-state index contributed by atoms with van der Waals surface area (Å²) >= 11 is 0. The van der Waals surface area contributed by atoms with Gasteiger partial charge in [-0.15, -0.1) is 0 Å². The number of alkyl halides is 3. The zero-order chi connectivity index (χ0) is 22.1. The topological polar surface area (TPSA) is 66.5 Å². The van der Waals surface area contributed by atoms with Crippen molar-refractivity contribution in [2.45, 2.75) is 63.1 Å². The van der Waals surface area contributed by atoms with E-state index in [1.54, 1.807) is 0 Å². The third-order valence-corrected chi connectivity index (χ3v) is 8.63. The first kappa shape index (κ1) is 23.1. The zero-order valence-corrected chi connectivity index (χ0v) is 18.1. The van der Waals surface area contributed by atoms with Crippen LogP contribution in [0.4, 0.5) is 13.2 Å². The Hall–Kier alpha value is -1.61. The lowest BCUT2D eigenvalue weighted by atomic mass is 9.78. The molecule has 0 unspecified atom stereocenters. The number of nitrogens with one attached hydrogen (secondary N) is 1. The lowest BCUT2D eigenvalue weighted by molar-refractivity contribution is -0.139. The maximum absolute atomic E-state index is 13.3. The van der Waals surface area contributed by atoms with Crippen molar-refractivity contribution in [3.8, 4) is 0 Å². The van der Waals surface area contributed by atoms with E-state index in [0.717, 1.165) is 35.7 Å². The van der Waals surface area contributed by atoms with Gasteiger partial charge in [-0.05, 0) is 43.2 Å². The van der Waals surface area contributed by atoms with Gasteiger partial charge in [0.15, 0.2) is 0 Å². The monoisotopic (exact) mass is 446 g/mol. The summed E-state index contributed by atoms with van der Waals surface area (Å²) in [6.45, 7) is 4.39. The van der Waals surface area contributed by atoms with Gasteiger partial charge in [-0.1, -0.05) is 38.8 Å². The van der Waals surface area contributed by atoms with Crippen molar-refractivity contribution in [1.82, 2.24) is 9.62 Å². The largest absolute Gasteiger partial charge is 0.417 e. The van der Waals surface area contributed by atoms with Crippen LogP contribution < -0.4 is 5.32 Å². The molecule has 1 amide bonds. The van der Waals surface area contributed by atoms with E-state index in [9.17, 15) is 26.4 Å². The highest BCUT2D eigenvalue weighted by Gasteiger charge is 2.40. The summed E-state index contributed by atoms with van der Waals surface area (Å²) in [6.07, 6.45) is -0.977. The molecule has 0 bridgehead atoms. The molecular formula is C21H29F3N2O3S. The quantitative estimate of drug-likeness (QED) is 0.759. The first-order chi connectivity index (χ1) is 14.0. The molecule has 1 saturated heterocycles. The Morgan fingerprint density at radius 2 is 1.70 bits per heavy atom. The second-order valence-electron chi connectivity index (χ2n) is 8.55. The van der Waals surface area contributed by atoms with Crippen molar-refractivity contribution in [2.75, 3.05) is 13.1 Å². The molecule has 1 aromatic rings. The third kappa shape index (κ3) is 4.82. The molecule has 2 aliphatic rings. The van der Waals surface area contributed by atoms with Crippen molar-refractivity contribution in [1.29, 1.82) is 0 Å². The van der Waals surface area contributed by atoms with Crippen LogP contribution in [0, 0.1) is 17.8 Å². The van der Waals surface area contributed by atoms with Gasteiger partial charge < -0.3 is 5.32 Å². The Morgan fingerprint density at radius 1 is 1.07 bits per heavy atom. The number of nitrogens with zero attached hydrogens (tertiary/aromatic N) is 1. The molecule has 5 nitrogen and oxygen atoms in total. The maximum atomic E-state index is 13.3. The van der Waals surface area contributed by atoms with E-state index in [4.69, 9.17) is 0 Å². The van der Waals surface area contributed by atoms with Crippen LogP contribution in [0.2, 0.25) is 0 Å². The number of carbonyl (C=O) groups is 1. The summed E-state index contributed by atoms with van der Waals surface area (Å²) in [4.78, 5) is 12.0. The standard InChI is InChI=1S/C21H29F3N2O3S/c1-14-6-5-8-18(15(14)2)25-20(27)16-10-12-26(13-11-16)30(28,29)19-9-4-3-7-17(19)21(22,23)24/h3-4,7,9,14-16,18H,5-6,8,10-13H2,1-2H3,(H,25,27)/t14-,15-,18+/m1/s1. The Labute approximate surface area is 176 Å². The van der Waals surface area contributed by atoms with E-state index in [0.29, 0.717) is 24.7 Å². The highest BCUT2D eigenvalue weighted by atomic mass is 32.2. The van der Waals surface area contributed by atoms with Crippen molar-refractivity contribution < 1.29 is 26.4 Å². The van der Waals surface area contributed by atoms with Gasteiger partial charge in [-0.2, -0.15) is 17.5 Å². The average Bonchev–Trinajstić information content (AvgIpc) is 2.71. The van der Waals surface area contributed by atoms with Gasteiger partial charge in [0, 0.05) is 25.0 Å². The number of rotatable bonds is 4. The first-order valence-corrected chi connectivity index (χ1v) is 11.9. The van der Waals surface area contributed by atoms with Crippen molar-refractivity contribution in [3.05, 3.63) is 29.8 Å². The van der Waals surface area contributed by atoms with E-state index in [2.05, 4.69) is 19.2 Å². The highest BCUT2D eigenvalue weighted by molar-refractivity contribution is 7.89. The summed E-state index contributed by atoms with van der Waals surface area (Å²) < 4.78 is 66.5. The number of benzene rings is 1. The zero-order valence-electron chi connectivity index (χ0n) is 17.3. The van der Waals surface area contributed by atoms with Crippen LogP contribution in [0.3, 0.4) is 0 Å². The molecule has 1 N–H and O–H groups in total. The van der Waals surface area contributed by atoms with Crippen LogP contribution in [-0.2, 0) is 21.0 Å². The molecule has 2 fully saturated rings. The molecule has 0 radical (unpaired) electrons. The normalized spacial score (nSPS) is 27.0. The van der Waals surface area contributed by atoms with Crippen LogP contribution in [-0.4, -0.2) is 37.8 Å². The minimum absolute atomic E-state index is 0.0310. The van der Waals surface area contributed by atoms with E-state index in [1.807, 2.05) is 0 Å². The lowest BCUT2D eigenvalue weighted by Crippen LogP contribution is -2.48. The summed E-state index contributed by atoms with van der Waals surface area (Å²) in [6, 6.07) is 4.35. The molecule has 168 valence electrons. The van der Waals surface area contributed by atoms with Gasteiger partial charge in [-0.3, -0.25) is 4.79 Å². The minimum atomic E-state index is -4.75. The van der Waals surface area contributed by atoms with Gasteiger partial charge in [0.2, 0.25) is 15.9 Å². The molecule has 9 heteroatoms. The molecule has 1 saturated carbocycles. The number of halogens is 3. The van der Waals surface area contributed by atoms with Gasteiger partial charge in [0.25, 0.3) is 0 Å². The second-order valence-corrected chi connectivity index (χ2v) is 10.5. The number of sulfonamides is 1. The molecular weight excluding hydrogens is 417 g/mol. The van der Waals surface area contributed by atoms with E-state index in [1.165, 1.54) is 12.1 Å². The lowest BCUT2D eigenvalue weighted by Gasteiger charge is -2.36. The van der Waals surface area contributed by atoms with E-state index < -0.39 is 26.7 Å². The van der Waals surface area contributed by atoms with Crippen molar-refractivity contribution in [3.63, 3.8) is 0 Å². The second kappa shape index (κ2) is 8.86. The van der Waals surface area contributed by atoms with E-state index in [-0.39, 0.29) is 31.0 Å². The molecule has 0 aromatic heterocycles. The number of carbonyl (C=O) groups excluding carboxylic acids is 1. The van der Waals surface area contributed by atoms with Gasteiger partial charge >= 0.3 is 6.18 Å². The molecule has 1 aliphatic carbocycles. The number of piperidine rings is 1. The van der Waals surface area contributed by atoms with Crippen molar-refractivity contribution >= 4 is 15.9 Å². The molecule has 0 spiro atoms. The molecule has 1 aliphatic heterocycles. The maximum Gasteiger partial charge on any atom is 0.417 e. The van der Waals surface area contributed by atoms with Crippen LogP contribution in [0.1, 0.15) is 51.5 Å². The molecule has 30 heavy (non-hydrogen) atoms. The molecule has 3 rings (SSSR count). The Bertz CT molecular complexity index is 864. The number of hydrogen-bond acceptors (Lipinski definition) is 3. The number of amides is 1. The van der Waals surface area contributed by atoms with Crippen LogP contribution >= 0.6 is 0 Å². The predicted molar refractivity (Wildman–Crippen MR) is 107 cm³/mol. The van der Waals surface area contributed by atoms with Crippen LogP contribution in [0.25, 0.3) is 0 Å². The fraction of sp³-hybridized carbons (Fsp3) is 0.667. The van der Waals surface area contributed by atoms with E-state index >= 15 is 0 Å². The summed E-state index contributed by atoms with van der Waals surface area (Å²) in [7, 11) is -4.29. The first-order valence-electron chi connectivity index (χ1n) is 10.5. The summed E-state index contributed by atoms with van der Waals surface area (Å²) in [5, 5.41) is 3.13. The van der Waals surface area contributed by atoms with Gasteiger partial charge in [0.05, 0.1) is 10.5 Å². The van der Waals surface area contributed by atoms with Gasteiger partial charge in [-0.25, -0.2) is 8.42 Å².